The lowest BCUT2D eigenvalue weighted by Crippen LogP contribution is -2.07. The second kappa shape index (κ2) is 6.25. The van der Waals surface area contributed by atoms with Gasteiger partial charge >= 0.3 is 0 Å². The molecule has 0 radical (unpaired) electrons. The van der Waals surface area contributed by atoms with Gasteiger partial charge < -0.3 is 9.73 Å². The summed E-state index contributed by atoms with van der Waals surface area (Å²) in [6.07, 6.45) is 1.66. The van der Waals surface area contributed by atoms with Gasteiger partial charge in [0.05, 0.1) is 18.3 Å². The number of nitrogens with one attached hydrogen (secondary N) is 1. The van der Waals surface area contributed by atoms with E-state index >= 15 is 0 Å². The van der Waals surface area contributed by atoms with Crippen LogP contribution in [0.5, 0.6) is 0 Å². The molecule has 0 aliphatic carbocycles. The smallest absolute Gasteiger partial charge is 0.226 e. The molecule has 1 N–H and O–H groups in total. The summed E-state index contributed by atoms with van der Waals surface area (Å²) < 4.78 is 7.17. The molecule has 5 aromatic rings. The maximum atomic E-state index is 5.41. The van der Waals surface area contributed by atoms with Crippen LogP contribution >= 0.6 is 0 Å². The zero-order valence-electron chi connectivity index (χ0n) is 14.8. The summed E-state index contributed by atoms with van der Waals surface area (Å²) in [5, 5.41) is 9.00. The minimum atomic E-state index is 0.521. The minimum Gasteiger partial charge on any atom is -0.467 e. The van der Waals surface area contributed by atoms with Gasteiger partial charge in [-0.1, -0.05) is 35.9 Å². The van der Waals surface area contributed by atoms with Crippen LogP contribution in [0.1, 0.15) is 11.3 Å². The van der Waals surface area contributed by atoms with Gasteiger partial charge in [0.2, 0.25) is 5.95 Å². The van der Waals surface area contributed by atoms with Crippen molar-refractivity contribution in [3.8, 4) is 11.4 Å². The number of aromatic nitrogens is 4. The number of furan rings is 1. The Kier molecular flexibility index (Phi) is 3.60. The van der Waals surface area contributed by atoms with Crippen LogP contribution in [0.2, 0.25) is 0 Å². The van der Waals surface area contributed by atoms with Gasteiger partial charge in [-0.2, -0.15) is 4.52 Å². The van der Waals surface area contributed by atoms with Crippen LogP contribution in [-0.4, -0.2) is 19.6 Å². The number of nitrogens with zero attached hydrogens (tertiary/aromatic N) is 4. The van der Waals surface area contributed by atoms with Crippen LogP contribution in [0.3, 0.4) is 0 Å². The van der Waals surface area contributed by atoms with Crippen LogP contribution in [0.4, 0.5) is 5.95 Å². The van der Waals surface area contributed by atoms with Crippen molar-refractivity contribution in [1.29, 1.82) is 0 Å². The molecule has 0 amide bonds. The molecule has 0 unspecified atom stereocenters. The lowest BCUT2D eigenvalue weighted by molar-refractivity contribution is 0.517. The summed E-state index contributed by atoms with van der Waals surface area (Å²) >= 11 is 0. The van der Waals surface area contributed by atoms with Gasteiger partial charge in [0.15, 0.2) is 11.5 Å². The molecule has 0 spiro atoms. The fourth-order valence-corrected chi connectivity index (χ4v) is 3.16. The molecule has 27 heavy (non-hydrogen) atoms. The highest BCUT2D eigenvalue weighted by atomic mass is 16.3. The zero-order valence-corrected chi connectivity index (χ0v) is 14.8. The van der Waals surface area contributed by atoms with E-state index in [0.29, 0.717) is 18.3 Å². The second-order valence-electron chi connectivity index (χ2n) is 6.43. The number of hydrogen-bond acceptors (Lipinski definition) is 5. The third-order valence-electron chi connectivity index (χ3n) is 4.46. The van der Waals surface area contributed by atoms with Crippen molar-refractivity contribution >= 4 is 22.5 Å². The maximum absolute atomic E-state index is 5.41. The molecular weight excluding hydrogens is 338 g/mol. The molecular formula is C21H17N5O. The molecule has 2 aromatic carbocycles. The van der Waals surface area contributed by atoms with Crippen molar-refractivity contribution in [2.75, 3.05) is 5.32 Å². The SMILES string of the molecule is Cc1cccc(-c2nc3c4ccccc4nc(NCc4ccco4)n3n2)c1. The van der Waals surface area contributed by atoms with Gasteiger partial charge in [0, 0.05) is 10.9 Å². The lowest BCUT2D eigenvalue weighted by atomic mass is 10.1. The number of rotatable bonds is 4. The highest BCUT2D eigenvalue weighted by Gasteiger charge is 2.14. The Bertz CT molecular complexity index is 1240. The van der Waals surface area contributed by atoms with E-state index in [1.807, 2.05) is 48.5 Å². The summed E-state index contributed by atoms with van der Waals surface area (Å²) in [5.41, 5.74) is 3.81. The number of hydrogen-bond donors (Lipinski definition) is 1. The van der Waals surface area contributed by atoms with Crippen molar-refractivity contribution in [2.45, 2.75) is 13.5 Å². The fourth-order valence-electron chi connectivity index (χ4n) is 3.16. The van der Waals surface area contributed by atoms with Crippen LogP contribution < -0.4 is 5.32 Å². The summed E-state index contributed by atoms with van der Waals surface area (Å²) in [7, 11) is 0. The van der Waals surface area contributed by atoms with E-state index in [4.69, 9.17) is 19.5 Å². The molecule has 0 aliphatic heterocycles. The first-order valence-electron chi connectivity index (χ1n) is 8.77. The van der Waals surface area contributed by atoms with Gasteiger partial charge in [-0.05, 0) is 37.3 Å². The quantitative estimate of drug-likeness (QED) is 0.515. The van der Waals surface area contributed by atoms with Crippen LogP contribution in [0.15, 0.2) is 71.3 Å². The Hall–Kier alpha value is -3.67. The van der Waals surface area contributed by atoms with Crippen molar-refractivity contribution in [1.82, 2.24) is 19.6 Å². The van der Waals surface area contributed by atoms with E-state index in [2.05, 4.69) is 24.4 Å². The number of anilines is 1. The van der Waals surface area contributed by atoms with E-state index < -0.39 is 0 Å². The van der Waals surface area contributed by atoms with Gasteiger partial charge in [-0.3, -0.25) is 0 Å². The molecule has 0 saturated carbocycles. The zero-order chi connectivity index (χ0) is 18.2. The number of para-hydroxylation sites is 1. The van der Waals surface area contributed by atoms with Crippen molar-refractivity contribution in [3.05, 3.63) is 78.3 Å². The predicted molar refractivity (Wildman–Crippen MR) is 104 cm³/mol. The topological polar surface area (TPSA) is 68.2 Å². The first kappa shape index (κ1) is 15.6. The number of aryl methyl sites for hydroxylation is 1. The van der Waals surface area contributed by atoms with Crippen molar-refractivity contribution in [2.24, 2.45) is 0 Å². The van der Waals surface area contributed by atoms with Crippen LogP contribution in [0, 0.1) is 6.92 Å². The monoisotopic (exact) mass is 355 g/mol. The van der Waals surface area contributed by atoms with E-state index in [1.54, 1.807) is 10.8 Å². The van der Waals surface area contributed by atoms with Crippen molar-refractivity contribution < 1.29 is 4.42 Å². The summed E-state index contributed by atoms with van der Waals surface area (Å²) in [4.78, 5) is 9.54. The standard InChI is InChI=1S/C21H17N5O/c1-14-6-4-7-15(12-14)19-24-20-17-9-2-3-10-18(17)23-21(26(20)25-19)22-13-16-8-5-11-27-16/h2-12H,13H2,1H3,(H,22,23). The van der Waals surface area contributed by atoms with Crippen LogP contribution in [0.25, 0.3) is 27.9 Å². The third-order valence-corrected chi connectivity index (χ3v) is 4.46. The highest BCUT2D eigenvalue weighted by Crippen LogP contribution is 2.24. The number of fused-ring (bicyclic) bond motifs is 3. The molecule has 6 nitrogen and oxygen atoms in total. The highest BCUT2D eigenvalue weighted by molar-refractivity contribution is 5.92. The molecule has 132 valence electrons. The molecule has 3 aromatic heterocycles. The first-order chi connectivity index (χ1) is 13.3. The summed E-state index contributed by atoms with van der Waals surface area (Å²) in [6, 6.07) is 19.9. The van der Waals surface area contributed by atoms with Crippen molar-refractivity contribution in [3.63, 3.8) is 0 Å². The molecule has 0 bridgehead atoms. The molecule has 6 heteroatoms. The molecule has 0 aliphatic rings. The van der Waals surface area contributed by atoms with Gasteiger partial charge in [0.1, 0.15) is 5.76 Å². The fraction of sp³-hybridized carbons (Fsp3) is 0.0952. The third kappa shape index (κ3) is 2.81. The lowest BCUT2D eigenvalue weighted by Gasteiger charge is -2.07. The average Bonchev–Trinajstić information content (AvgIpc) is 3.36. The van der Waals surface area contributed by atoms with Gasteiger partial charge in [-0.15, -0.1) is 5.10 Å². The number of benzene rings is 2. The molecule has 5 rings (SSSR count). The molecule has 0 saturated heterocycles. The van der Waals surface area contributed by atoms with E-state index in [-0.39, 0.29) is 0 Å². The van der Waals surface area contributed by atoms with Gasteiger partial charge in [-0.25, -0.2) is 9.97 Å². The van der Waals surface area contributed by atoms with Crippen LogP contribution in [-0.2, 0) is 6.54 Å². The Balaban J connectivity index is 1.68. The Morgan fingerprint density at radius 2 is 1.93 bits per heavy atom. The van der Waals surface area contributed by atoms with Gasteiger partial charge in [0.25, 0.3) is 0 Å². The average molecular weight is 355 g/mol. The second-order valence-corrected chi connectivity index (χ2v) is 6.43. The normalized spacial score (nSPS) is 11.3. The Morgan fingerprint density at radius 1 is 1.00 bits per heavy atom. The minimum absolute atomic E-state index is 0.521. The summed E-state index contributed by atoms with van der Waals surface area (Å²) in [5.74, 6) is 2.14. The Labute approximate surface area is 155 Å². The molecule has 0 atom stereocenters. The first-order valence-corrected chi connectivity index (χ1v) is 8.77. The Morgan fingerprint density at radius 3 is 2.78 bits per heavy atom. The summed E-state index contributed by atoms with van der Waals surface area (Å²) in [6.45, 7) is 2.58. The van der Waals surface area contributed by atoms with E-state index in [0.717, 1.165) is 27.9 Å². The largest absolute Gasteiger partial charge is 0.467 e. The molecule has 0 fully saturated rings. The maximum Gasteiger partial charge on any atom is 0.226 e. The van der Waals surface area contributed by atoms with E-state index in [1.165, 1.54) is 5.56 Å². The molecule has 3 heterocycles. The van der Waals surface area contributed by atoms with E-state index in [9.17, 15) is 0 Å². The predicted octanol–water partition coefficient (Wildman–Crippen LogP) is 4.46.